The SMILES string of the molecule is O=C(Cc1ccccc1)NCC(=O)Nc1ccc(F)c(S(=O)(=O)N2CCOCC2)c1. The largest absolute Gasteiger partial charge is 0.379 e. The second kappa shape index (κ2) is 9.79. The molecular weight excluding hydrogens is 413 g/mol. The van der Waals surface area contributed by atoms with E-state index in [9.17, 15) is 22.4 Å². The molecule has 8 nitrogen and oxygen atoms in total. The second-order valence-corrected chi connectivity index (χ2v) is 8.56. The van der Waals surface area contributed by atoms with Crippen LogP contribution < -0.4 is 10.6 Å². The molecule has 2 N–H and O–H groups in total. The van der Waals surface area contributed by atoms with Crippen molar-refractivity contribution in [1.29, 1.82) is 0 Å². The van der Waals surface area contributed by atoms with Gasteiger partial charge in [-0.25, -0.2) is 12.8 Å². The Morgan fingerprint density at radius 2 is 1.73 bits per heavy atom. The Kier molecular flexibility index (Phi) is 7.14. The average molecular weight is 435 g/mol. The number of amides is 2. The molecular formula is C20H22FN3O5S. The minimum atomic E-state index is -4.05. The van der Waals surface area contributed by atoms with Crippen LogP contribution in [0.25, 0.3) is 0 Å². The zero-order valence-electron chi connectivity index (χ0n) is 16.1. The zero-order chi connectivity index (χ0) is 21.6. The van der Waals surface area contributed by atoms with Gasteiger partial charge in [-0.15, -0.1) is 0 Å². The quantitative estimate of drug-likeness (QED) is 0.679. The Balaban J connectivity index is 1.60. The number of morpholine rings is 1. The maximum atomic E-state index is 14.2. The monoisotopic (exact) mass is 435 g/mol. The van der Waals surface area contributed by atoms with Crippen molar-refractivity contribution in [3.8, 4) is 0 Å². The van der Waals surface area contributed by atoms with Gasteiger partial charge in [-0.3, -0.25) is 9.59 Å². The molecule has 10 heteroatoms. The van der Waals surface area contributed by atoms with Gasteiger partial charge in [0.1, 0.15) is 10.7 Å². The molecule has 0 bridgehead atoms. The lowest BCUT2D eigenvalue weighted by atomic mass is 10.1. The fourth-order valence-electron chi connectivity index (χ4n) is 2.93. The molecule has 0 spiro atoms. The number of nitrogens with zero attached hydrogens (tertiary/aromatic N) is 1. The van der Waals surface area contributed by atoms with Crippen LogP contribution >= 0.6 is 0 Å². The van der Waals surface area contributed by atoms with Crippen LogP contribution in [0, 0.1) is 5.82 Å². The van der Waals surface area contributed by atoms with Gasteiger partial charge in [0.15, 0.2) is 0 Å². The van der Waals surface area contributed by atoms with Gasteiger partial charge in [-0.1, -0.05) is 30.3 Å². The van der Waals surface area contributed by atoms with E-state index in [0.717, 1.165) is 22.0 Å². The van der Waals surface area contributed by atoms with Crippen molar-refractivity contribution in [2.45, 2.75) is 11.3 Å². The van der Waals surface area contributed by atoms with Gasteiger partial charge in [0.25, 0.3) is 0 Å². The lowest BCUT2D eigenvalue weighted by Crippen LogP contribution is -2.41. The molecule has 0 aromatic heterocycles. The van der Waals surface area contributed by atoms with Crippen molar-refractivity contribution >= 4 is 27.5 Å². The summed E-state index contributed by atoms with van der Waals surface area (Å²) in [5, 5.41) is 4.97. The lowest BCUT2D eigenvalue weighted by molar-refractivity contribution is -0.123. The number of ether oxygens (including phenoxy) is 1. The van der Waals surface area contributed by atoms with E-state index in [4.69, 9.17) is 4.74 Å². The van der Waals surface area contributed by atoms with E-state index in [-0.39, 0.29) is 50.9 Å². The van der Waals surface area contributed by atoms with Gasteiger partial charge in [0.2, 0.25) is 21.8 Å². The number of sulfonamides is 1. The topological polar surface area (TPSA) is 105 Å². The fraction of sp³-hybridized carbons (Fsp3) is 0.300. The summed E-state index contributed by atoms with van der Waals surface area (Å²) in [6.07, 6.45) is 0.132. The van der Waals surface area contributed by atoms with Crippen LogP contribution in [-0.2, 0) is 30.8 Å². The molecule has 1 heterocycles. The van der Waals surface area contributed by atoms with Gasteiger partial charge in [0, 0.05) is 18.8 Å². The number of hydrogen-bond donors (Lipinski definition) is 2. The summed E-state index contributed by atoms with van der Waals surface area (Å²) in [5.74, 6) is -1.79. The van der Waals surface area contributed by atoms with E-state index in [1.165, 1.54) is 6.07 Å². The van der Waals surface area contributed by atoms with Crippen molar-refractivity contribution in [2.75, 3.05) is 38.2 Å². The maximum Gasteiger partial charge on any atom is 0.246 e. The van der Waals surface area contributed by atoms with Crippen LogP contribution in [0.1, 0.15) is 5.56 Å². The number of benzene rings is 2. The van der Waals surface area contributed by atoms with Crippen LogP contribution in [0.5, 0.6) is 0 Å². The Morgan fingerprint density at radius 3 is 2.43 bits per heavy atom. The van der Waals surface area contributed by atoms with E-state index < -0.39 is 26.6 Å². The first kappa shape index (κ1) is 21.9. The van der Waals surface area contributed by atoms with Crippen molar-refractivity contribution in [1.82, 2.24) is 9.62 Å². The Hall–Kier alpha value is -2.82. The van der Waals surface area contributed by atoms with Gasteiger partial charge < -0.3 is 15.4 Å². The molecule has 0 radical (unpaired) electrons. The Labute approximate surface area is 174 Å². The summed E-state index contributed by atoms with van der Waals surface area (Å²) in [5.41, 5.74) is 0.928. The van der Waals surface area contributed by atoms with E-state index in [0.29, 0.717) is 0 Å². The van der Waals surface area contributed by atoms with E-state index >= 15 is 0 Å². The number of hydrogen-bond acceptors (Lipinski definition) is 5. The minimum Gasteiger partial charge on any atom is -0.379 e. The third-order valence-electron chi connectivity index (χ3n) is 4.46. The predicted molar refractivity (Wildman–Crippen MR) is 108 cm³/mol. The van der Waals surface area contributed by atoms with Gasteiger partial charge in [-0.2, -0.15) is 4.31 Å². The molecule has 1 fully saturated rings. The van der Waals surface area contributed by atoms with E-state index in [2.05, 4.69) is 10.6 Å². The molecule has 2 aromatic carbocycles. The molecule has 2 aromatic rings. The van der Waals surface area contributed by atoms with Gasteiger partial charge in [-0.05, 0) is 23.8 Å². The molecule has 0 atom stereocenters. The Morgan fingerprint density at radius 1 is 1.03 bits per heavy atom. The predicted octanol–water partition coefficient (Wildman–Crippen LogP) is 1.14. The smallest absolute Gasteiger partial charge is 0.246 e. The third kappa shape index (κ3) is 5.62. The molecule has 0 unspecified atom stereocenters. The number of carbonyl (C=O) groups is 2. The molecule has 0 saturated carbocycles. The molecule has 2 amide bonds. The highest BCUT2D eigenvalue weighted by atomic mass is 32.2. The van der Waals surface area contributed by atoms with Crippen LogP contribution in [-0.4, -0.2) is 57.4 Å². The third-order valence-corrected chi connectivity index (χ3v) is 6.37. The molecule has 1 saturated heterocycles. The lowest BCUT2D eigenvalue weighted by Gasteiger charge is -2.26. The summed E-state index contributed by atoms with van der Waals surface area (Å²) in [7, 11) is -4.05. The highest BCUT2D eigenvalue weighted by Gasteiger charge is 2.29. The number of halogens is 1. The molecule has 0 aliphatic carbocycles. The number of carbonyl (C=O) groups excluding carboxylic acids is 2. The van der Waals surface area contributed by atoms with E-state index in [1.807, 2.05) is 18.2 Å². The van der Waals surface area contributed by atoms with Gasteiger partial charge in [0.05, 0.1) is 26.2 Å². The van der Waals surface area contributed by atoms with E-state index in [1.54, 1.807) is 12.1 Å². The normalized spacial score (nSPS) is 14.8. The highest BCUT2D eigenvalue weighted by Crippen LogP contribution is 2.23. The standard InChI is InChI=1S/C20H22FN3O5S/c21-17-7-6-16(13-18(17)30(27,28)24-8-10-29-11-9-24)23-20(26)14-22-19(25)12-15-4-2-1-3-5-15/h1-7,13H,8-12,14H2,(H,22,25)(H,23,26). The summed E-state index contributed by atoms with van der Waals surface area (Å²) < 4.78 is 45.9. The maximum absolute atomic E-state index is 14.2. The summed E-state index contributed by atoms with van der Waals surface area (Å²) >= 11 is 0. The molecule has 160 valence electrons. The minimum absolute atomic E-state index is 0.116. The highest BCUT2D eigenvalue weighted by molar-refractivity contribution is 7.89. The van der Waals surface area contributed by atoms with Crippen LogP contribution in [0.15, 0.2) is 53.4 Å². The van der Waals surface area contributed by atoms with Crippen molar-refractivity contribution in [2.24, 2.45) is 0 Å². The van der Waals surface area contributed by atoms with Crippen molar-refractivity contribution < 1.29 is 27.1 Å². The van der Waals surface area contributed by atoms with Crippen LogP contribution in [0.2, 0.25) is 0 Å². The molecule has 1 aliphatic heterocycles. The second-order valence-electron chi connectivity index (χ2n) is 6.65. The fourth-order valence-corrected chi connectivity index (χ4v) is 4.43. The summed E-state index contributed by atoms with van der Waals surface area (Å²) in [6, 6.07) is 12.4. The van der Waals surface area contributed by atoms with Crippen molar-refractivity contribution in [3.05, 3.63) is 59.9 Å². The number of nitrogens with one attached hydrogen (secondary N) is 2. The zero-order valence-corrected chi connectivity index (χ0v) is 17.0. The molecule has 1 aliphatic rings. The molecule has 30 heavy (non-hydrogen) atoms. The average Bonchev–Trinajstić information content (AvgIpc) is 2.75. The van der Waals surface area contributed by atoms with Crippen LogP contribution in [0.4, 0.5) is 10.1 Å². The Bertz CT molecular complexity index is 1010. The first-order valence-corrected chi connectivity index (χ1v) is 10.8. The first-order chi connectivity index (χ1) is 14.4. The number of rotatable bonds is 7. The first-order valence-electron chi connectivity index (χ1n) is 9.34. The number of anilines is 1. The molecule has 3 rings (SSSR count). The van der Waals surface area contributed by atoms with Crippen LogP contribution in [0.3, 0.4) is 0 Å². The summed E-state index contributed by atoms with van der Waals surface area (Å²) in [4.78, 5) is 23.5. The summed E-state index contributed by atoms with van der Waals surface area (Å²) in [6.45, 7) is 0.437. The van der Waals surface area contributed by atoms with Gasteiger partial charge >= 0.3 is 0 Å². The van der Waals surface area contributed by atoms with Crippen molar-refractivity contribution in [3.63, 3.8) is 0 Å².